The van der Waals surface area contributed by atoms with E-state index in [9.17, 15) is 19.2 Å². The molecule has 3 aromatic carbocycles. The van der Waals surface area contributed by atoms with Crippen molar-refractivity contribution in [2.24, 2.45) is 22.5 Å². The van der Waals surface area contributed by atoms with Gasteiger partial charge in [0.05, 0.1) is 0 Å². The predicted molar refractivity (Wildman–Crippen MR) is 178 cm³/mol. The number of benzene rings is 3. The van der Waals surface area contributed by atoms with Crippen LogP contribution in [0.4, 0.5) is 16.2 Å². The van der Waals surface area contributed by atoms with Crippen LogP contribution in [0.5, 0.6) is 0 Å². The summed E-state index contributed by atoms with van der Waals surface area (Å²) in [4.78, 5) is 56.3. The highest BCUT2D eigenvalue weighted by Crippen LogP contribution is 2.27. The van der Waals surface area contributed by atoms with Gasteiger partial charge >= 0.3 is 12.1 Å². The van der Waals surface area contributed by atoms with Crippen LogP contribution in [0, 0.1) is 5.92 Å². The molecule has 1 fully saturated rings. The molecule has 2 heterocycles. The molecule has 1 atom stereocenters. The Balaban J connectivity index is 1.47. The Kier molecular flexibility index (Phi) is 9.74. The van der Waals surface area contributed by atoms with Gasteiger partial charge in [0.25, 0.3) is 5.91 Å². The number of anilines is 2. The van der Waals surface area contributed by atoms with E-state index in [2.05, 4.69) is 20.7 Å². The molecule has 7 N–H and O–H groups in total. The quantitative estimate of drug-likeness (QED) is 0.0700. The number of nitrogens with zero attached hydrogens (tertiary/aromatic N) is 3. The molecule has 0 radical (unpaired) electrons. The highest BCUT2D eigenvalue weighted by atomic mass is 16.7. The minimum Gasteiger partial charge on any atom is -0.465 e. The second-order valence-corrected chi connectivity index (χ2v) is 11.7. The number of carbonyl (C=O) groups is 4. The van der Waals surface area contributed by atoms with Gasteiger partial charge in [0.15, 0.2) is 5.84 Å². The van der Waals surface area contributed by atoms with Gasteiger partial charge in [0, 0.05) is 53.0 Å². The first-order chi connectivity index (χ1) is 22.5. The zero-order valence-electron chi connectivity index (χ0n) is 26.1. The van der Waals surface area contributed by atoms with E-state index in [0.717, 1.165) is 42.6 Å². The third-order valence-electron chi connectivity index (χ3n) is 8.02. The number of fused-ring (bicyclic) bond motifs is 1. The maximum absolute atomic E-state index is 13.8. The molecule has 4 aromatic rings. The van der Waals surface area contributed by atoms with Crippen LogP contribution in [0.3, 0.4) is 0 Å². The Hall–Kier alpha value is -5.85. The number of aromatic nitrogens is 1. The molecule has 1 unspecified atom stereocenters. The van der Waals surface area contributed by atoms with E-state index >= 15 is 0 Å². The molecule has 1 aliphatic rings. The summed E-state index contributed by atoms with van der Waals surface area (Å²) in [5, 5.41) is 18.7. The standard InChI is InChI=1S/C34H37N7O6/c1-20(2)29(38-34(45)46)33(44)47-39-30(35)24-13-12-23-16-28(32(43)37-25-6-5-7-26(18-25)40-14-3-4-15-40)41(27(23)17-24)19-21-8-10-22(11-9-21)31(36)42/h5-13,16-18,20,29,38H,3-4,14-15,19H2,1-2H3,(H2,35,39)(H2,36,42)(H,37,43)(H,45,46). The SMILES string of the molecule is CC(C)C(NC(=O)O)C(=O)ON=C(N)c1ccc2cc(C(=O)Nc3cccc(N4CCCC4)c3)n(Cc3ccc(C(N)=O)cc3)c2c1. The normalized spacial score (nSPS) is 13.9. The molecule has 47 heavy (non-hydrogen) atoms. The molecule has 244 valence electrons. The van der Waals surface area contributed by atoms with E-state index in [1.54, 1.807) is 62.4 Å². The van der Waals surface area contributed by atoms with Crippen LogP contribution in [0.1, 0.15) is 58.7 Å². The van der Waals surface area contributed by atoms with Gasteiger partial charge in [-0.15, -0.1) is 0 Å². The molecular weight excluding hydrogens is 602 g/mol. The number of nitrogens with one attached hydrogen (secondary N) is 2. The summed E-state index contributed by atoms with van der Waals surface area (Å²) in [6.45, 7) is 5.55. The van der Waals surface area contributed by atoms with Crippen molar-refractivity contribution in [1.82, 2.24) is 9.88 Å². The van der Waals surface area contributed by atoms with Crippen LogP contribution in [0.15, 0.2) is 78.0 Å². The van der Waals surface area contributed by atoms with Gasteiger partial charge in [0.1, 0.15) is 11.7 Å². The van der Waals surface area contributed by atoms with Crippen molar-refractivity contribution in [3.63, 3.8) is 0 Å². The number of nitrogens with two attached hydrogens (primary N) is 2. The van der Waals surface area contributed by atoms with E-state index in [1.807, 2.05) is 28.8 Å². The number of rotatable bonds is 11. The maximum Gasteiger partial charge on any atom is 0.405 e. The van der Waals surface area contributed by atoms with Gasteiger partial charge < -0.3 is 41.5 Å². The molecular formula is C34H37N7O6. The fourth-order valence-electron chi connectivity index (χ4n) is 5.51. The summed E-state index contributed by atoms with van der Waals surface area (Å²) in [5.41, 5.74) is 15.9. The van der Waals surface area contributed by atoms with Crippen LogP contribution in [0.2, 0.25) is 0 Å². The van der Waals surface area contributed by atoms with Crippen molar-refractivity contribution in [1.29, 1.82) is 0 Å². The molecule has 1 aromatic heterocycles. The van der Waals surface area contributed by atoms with Gasteiger partial charge in [0.2, 0.25) is 5.91 Å². The predicted octanol–water partition coefficient (Wildman–Crippen LogP) is 4.10. The lowest BCUT2D eigenvalue weighted by Gasteiger charge is -2.18. The molecule has 1 saturated heterocycles. The van der Waals surface area contributed by atoms with Crippen molar-refractivity contribution in [3.8, 4) is 0 Å². The first-order valence-corrected chi connectivity index (χ1v) is 15.2. The Morgan fingerprint density at radius 1 is 0.936 bits per heavy atom. The smallest absolute Gasteiger partial charge is 0.405 e. The fourth-order valence-corrected chi connectivity index (χ4v) is 5.51. The third kappa shape index (κ3) is 7.69. The largest absolute Gasteiger partial charge is 0.465 e. The monoisotopic (exact) mass is 639 g/mol. The van der Waals surface area contributed by atoms with E-state index in [4.69, 9.17) is 21.4 Å². The van der Waals surface area contributed by atoms with Gasteiger partial charge in [-0.3, -0.25) is 9.59 Å². The number of amides is 3. The van der Waals surface area contributed by atoms with Crippen LogP contribution < -0.4 is 27.0 Å². The zero-order valence-corrected chi connectivity index (χ0v) is 26.1. The Morgan fingerprint density at radius 3 is 2.30 bits per heavy atom. The second kappa shape index (κ2) is 14.1. The first kappa shape index (κ1) is 32.5. The summed E-state index contributed by atoms with van der Waals surface area (Å²) in [7, 11) is 0. The lowest BCUT2D eigenvalue weighted by atomic mass is 10.1. The Morgan fingerprint density at radius 2 is 1.64 bits per heavy atom. The summed E-state index contributed by atoms with van der Waals surface area (Å²) in [5.74, 6) is -2.28. The molecule has 1 aliphatic heterocycles. The second-order valence-electron chi connectivity index (χ2n) is 11.7. The van der Waals surface area contributed by atoms with Crippen molar-refractivity contribution in [3.05, 3.63) is 95.2 Å². The molecule has 13 heteroatoms. The highest BCUT2D eigenvalue weighted by molar-refractivity contribution is 6.08. The summed E-state index contributed by atoms with van der Waals surface area (Å²) in [6, 6.07) is 20.4. The van der Waals surface area contributed by atoms with Gasteiger partial charge in [-0.2, -0.15) is 0 Å². The summed E-state index contributed by atoms with van der Waals surface area (Å²) >= 11 is 0. The van der Waals surface area contributed by atoms with Crippen LogP contribution >= 0.6 is 0 Å². The van der Waals surface area contributed by atoms with E-state index < -0.39 is 24.0 Å². The van der Waals surface area contributed by atoms with Gasteiger partial charge in [-0.05, 0) is 66.8 Å². The van der Waals surface area contributed by atoms with Crippen molar-refractivity contribution in [2.75, 3.05) is 23.3 Å². The lowest BCUT2D eigenvalue weighted by molar-refractivity contribution is -0.147. The molecule has 5 rings (SSSR count). The van der Waals surface area contributed by atoms with Crippen LogP contribution in [-0.2, 0) is 16.2 Å². The highest BCUT2D eigenvalue weighted by Gasteiger charge is 2.26. The number of carbonyl (C=O) groups excluding carboxylic acids is 3. The molecule has 0 bridgehead atoms. The van der Waals surface area contributed by atoms with Crippen molar-refractivity contribution < 1.29 is 29.1 Å². The van der Waals surface area contributed by atoms with Crippen molar-refractivity contribution >= 4 is 52.0 Å². The van der Waals surface area contributed by atoms with Crippen LogP contribution in [-0.4, -0.2) is 58.5 Å². The average molecular weight is 640 g/mol. The molecule has 13 nitrogen and oxygen atoms in total. The molecule has 0 spiro atoms. The van der Waals surface area contributed by atoms with Crippen molar-refractivity contribution in [2.45, 2.75) is 39.3 Å². The molecule has 0 saturated carbocycles. The number of amidine groups is 1. The van der Waals surface area contributed by atoms with E-state index in [0.29, 0.717) is 28.0 Å². The van der Waals surface area contributed by atoms with Gasteiger partial charge in [-0.25, -0.2) is 9.59 Å². The van der Waals surface area contributed by atoms with Crippen LogP contribution in [0.25, 0.3) is 10.9 Å². The minimum atomic E-state index is -1.37. The maximum atomic E-state index is 13.8. The number of hydrogen-bond donors (Lipinski definition) is 5. The zero-order chi connectivity index (χ0) is 33.7. The lowest BCUT2D eigenvalue weighted by Crippen LogP contribution is -2.44. The topological polar surface area (TPSA) is 194 Å². The Bertz CT molecular complexity index is 1840. The van der Waals surface area contributed by atoms with E-state index in [1.165, 1.54) is 0 Å². The van der Waals surface area contributed by atoms with E-state index in [-0.39, 0.29) is 24.2 Å². The number of carboxylic acid groups (broad SMARTS) is 1. The fraction of sp³-hybridized carbons (Fsp3) is 0.265. The third-order valence-corrected chi connectivity index (χ3v) is 8.02. The summed E-state index contributed by atoms with van der Waals surface area (Å²) < 4.78 is 1.82. The number of hydrogen-bond acceptors (Lipinski definition) is 7. The van der Waals surface area contributed by atoms with Gasteiger partial charge in [-0.1, -0.05) is 49.3 Å². The molecule has 0 aliphatic carbocycles. The number of primary amides is 1. The summed E-state index contributed by atoms with van der Waals surface area (Å²) in [6.07, 6.45) is 0.904. The Labute approximate surface area is 271 Å². The number of oxime groups is 1. The minimum absolute atomic E-state index is 0.124. The molecule has 3 amide bonds. The first-order valence-electron chi connectivity index (χ1n) is 15.2. The average Bonchev–Trinajstić information content (AvgIpc) is 3.71.